The molecule has 3 aromatic rings. The van der Waals surface area contributed by atoms with E-state index in [2.05, 4.69) is 32.2 Å². The first-order valence-corrected chi connectivity index (χ1v) is 9.54. The van der Waals surface area contributed by atoms with E-state index in [1.54, 1.807) is 12.1 Å². The molecule has 0 saturated heterocycles. The Morgan fingerprint density at radius 2 is 1.55 bits per heavy atom. The van der Waals surface area contributed by atoms with Crippen LogP contribution in [-0.4, -0.2) is 26.5 Å². The zero-order valence-corrected chi connectivity index (χ0v) is 17.4. The van der Waals surface area contributed by atoms with Gasteiger partial charge < -0.3 is 10.1 Å². The molecule has 2 heterocycles. The summed E-state index contributed by atoms with van der Waals surface area (Å²) in [7, 11) is 0. The molecule has 0 spiro atoms. The Hall–Kier alpha value is -2.29. The number of hydrogen-bond acceptors (Lipinski definition) is 6. The van der Waals surface area contributed by atoms with Crippen molar-refractivity contribution in [1.82, 2.24) is 19.9 Å². The van der Waals surface area contributed by atoms with Gasteiger partial charge in [-0.25, -0.2) is 23.7 Å². The SMILES string of the molecule is CCCCOc1ccc(Nc2nc(Cl)ncc2F)cc1.Fc1cnc(Cl)nc1Cl. The van der Waals surface area contributed by atoms with Gasteiger partial charge in [-0.1, -0.05) is 24.9 Å². The molecule has 1 aromatic carbocycles. The summed E-state index contributed by atoms with van der Waals surface area (Å²) in [4.78, 5) is 14.0. The van der Waals surface area contributed by atoms with Crippen molar-refractivity contribution in [1.29, 1.82) is 0 Å². The standard InChI is InChI=1S/C14H15ClFN3O.C4HCl2FN2/c1-2-3-8-20-11-6-4-10(5-7-11)18-13-12(16)9-17-14(15)19-13;5-3-2(7)1-8-4(6)9-3/h4-7,9H,2-3,8H2,1H3,(H,17,18,19);1H. The largest absolute Gasteiger partial charge is 0.494 e. The van der Waals surface area contributed by atoms with Gasteiger partial charge in [-0.2, -0.15) is 4.98 Å². The number of rotatable bonds is 6. The highest BCUT2D eigenvalue weighted by molar-refractivity contribution is 6.31. The number of unbranched alkanes of at least 4 members (excludes halogenated alkanes) is 1. The van der Waals surface area contributed by atoms with Crippen LogP contribution in [0.15, 0.2) is 36.7 Å². The van der Waals surface area contributed by atoms with Crippen molar-refractivity contribution in [3.8, 4) is 5.75 Å². The van der Waals surface area contributed by atoms with Gasteiger partial charge in [-0.15, -0.1) is 0 Å². The highest BCUT2D eigenvalue weighted by Crippen LogP contribution is 2.21. The van der Waals surface area contributed by atoms with Crippen LogP contribution in [-0.2, 0) is 0 Å². The summed E-state index contributed by atoms with van der Waals surface area (Å²) >= 11 is 16.1. The number of benzene rings is 1. The lowest BCUT2D eigenvalue weighted by Crippen LogP contribution is -1.99. The molecular formula is C18H16Cl3F2N5O. The van der Waals surface area contributed by atoms with Crippen molar-refractivity contribution in [3.05, 3.63) is 64.0 Å². The van der Waals surface area contributed by atoms with Gasteiger partial charge in [-0.05, 0) is 53.9 Å². The summed E-state index contributed by atoms with van der Waals surface area (Å²) in [5.74, 6) is -0.395. The Labute approximate surface area is 181 Å². The smallest absolute Gasteiger partial charge is 0.224 e. The molecule has 2 aromatic heterocycles. The Morgan fingerprint density at radius 1 is 0.931 bits per heavy atom. The average molecular weight is 463 g/mol. The Morgan fingerprint density at radius 3 is 2.14 bits per heavy atom. The zero-order chi connectivity index (χ0) is 21.2. The molecule has 0 aliphatic carbocycles. The van der Waals surface area contributed by atoms with Crippen LogP contribution in [0.4, 0.5) is 20.3 Å². The molecule has 3 rings (SSSR count). The van der Waals surface area contributed by atoms with E-state index in [1.807, 2.05) is 12.1 Å². The van der Waals surface area contributed by atoms with Gasteiger partial charge in [0.25, 0.3) is 0 Å². The second kappa shape index (κ2) is 11.6. The fourth-order valence-corrected chi connectivity index (χ4v) is 2.30. The molecule has 0 bridgehead atoms. The molecule has 6 nitrogen and oxygen atoms in total. The van der Waals surface area contributed by atoms with E-state index in [0.717, 1.165) is 31.0 Å². The maximum atomic E-state index is 13.5. The molecular weight excluding hydrogens is 447 g/mol. The monoisotopic (exact) mass is 461 g/mol. The summed E-state index contributed by atoms with van der Waals surface area (Å²) in [6, 6.07) is 7.21. The van der Waals surface area contributed by atoms with Crippen molar-refractivity contribution < 1.29 is 13.5 Å². The van der Waals surface area contributed by atoms with Crippen LogP contribution in [0.5, 0.6) is 5.75 Å². The number of anilines is 2. The number of aromatic nitrogens is 4. The highest BCUT2D eigenvalue weighted by atomic mass is 35.5. The maximum Gasteiger partial charge on any atom is 0.224 e. The third-order valence-corrected chi connectivity index (χ3v) is 3.90. The summed E-state index contributed by atoms with van der Waals surface area (Å²) in [6.45, 7) is 2.80. The van der Waals surface area contributed by atoms with Crippen LogP contribution < -0.4 is 10.1 Å². The Kier molecular flexibility index (Phi) is 9.24. The number of ether oxygens (including phenoxy) is 1. The van der Waals surface area contributed by atoms with Crippen LogP contribution in [0, 0.1) is 11.6 Å². The first-order chi connectivity index (χ1) is 13.9. The normalized spacial score (nSPS) is 10.1. The number of nitrogens with one attached hydrogen (secondary N) is 1. The first kappa shape index (κ1) is 23.0. The highest BCUT2D eigenvalue weighted by Gasteiger charge is 2.06. The average Bonchev–Trinajstić information content (AvgIpc) is 2.70. The first-order valence-electron chi connectivity index (χ1n) is 8.40. The van der Waals surface area contributed by atoms with Crippen molar-refractivity contribution in [3.63, 3.8) is 0 Å². The third-order valence-electron chi connectivity index (χ3n) is 3.27. The van der Waals surface area contributed by atoms with Gasteiger partial charge in [0.1, 0.15) is 5.75 Å². The number of hydrogen-bond donors (Lipinski definition) is 1. The lowest BCUT2D eigenvalue weighted by molar-refractivity contribution is 0.309. The summed E-state index contributed by atoms with van der Waals surface area (Å²) in [5, 5.41) is 2.53. The Bertz CT molecular complexity index is 932. The molecule has 0 aliphatic heterocycles. The van der Waals surface area contributed by atoms with Gasteiger partial charge in [0.05, 0.1) is 19.0 Å². The van der Waals surface area contributed by atoms with Gasteiger partial charge in [-0.3, -0.25) is 0 Å². The van der Waals surface area contributed by atoms with E-state index < -0.39 is 11.6 Å². The minimum Gasteiger partial charge on any atom is -0.494 e. The summed E-state index contributed by atoms with van der Waals surface area (Å²) < 4.78 is 31.2. The molecule has 0 radical (unpaired) electrons. The molecule has 154 valence electrons. The predicted octanol–water partition coefficient (Wildman–Crippen LogP) is 6.11. The topological polar surface area (TPSA) is 72.8 Å². The van der Waals surface area contributed by atoms with E-state index in [1.165, 1.54) is 0 Å². The quantitative estimate of drug-likeness (QED) is 0.270. The van der Waals surface area contributed by atoms with Crippen LogP contribution in [0.2, 0.25) is 15.7 Å². The van der Waals surface area contributed by atoms with Crippen LogP contribution in [0.3, 0.4) is 0 Å². The lowest BCUT2D eigenvalue weighted by atomic mass is 10.3. The van der Waals surface area contributed by atoms with Crippen molar-refractivity contribution in [2.45, 2.75) is 19.8 Å². The minimum atomic E-state index is -0.666. The molecule has 0 fully saturated rings. The molecule has 0 aliphatic rings. The van der Waals surface area contributed by atoms with Crippen LogP contribution >= 0.6 is 34.8 Å². The van der Waals surface area contributed by atoms with Crippen LogP contribution in [0.25, 0.3) is 0 Å². The Balaban J connectivity index is 0.000000278. The number of nitrogens with zero attached hydrogens (tertiary/aromatic N) is 4. The summed E-state index contributed by atoms with van der Waals surface area (Å²) in [6.07, 6.45) is 4.05. The summed E-state index contributed by atoms with van der Waals surface area (Å²) in [5.41, 5.74) is 0.696. The molecule has 0 atom stereocenters. The lowest BCUT2D eigenvalue weighted by Gasteiger charge is -2.08. The maximum absolute atomic E-state index is 13.5. The van der Waals surface area contributed by atoms with Crippen molar-refractivity contribution in [2.24, 2.45) is 0 Å². The molecule has 1 N–H and O–H groups in total. The van der Waals surface area contributed by atoms with E-state index in [9.17, 15) is 8.78 Å². The molecule has 0 saturated carbocycles. The molecule has 11 heteroatoms. The minimum absolute atomic E-state index is 0.00609. The van der Waals surface area contributed by atoms with E-state index in [0.29, 0.717) is 12.3 Å². The van der Waals surface area contributed by atoms with Gasteiger partial charge >= 0.3 is 0 Å². The third kappa shape index (κ3) is 7.92. The van der Waals surface area contributed by atoms with Gasteiger partial charge in [0.15, 0.2) is 22.6 Å². The van der Waals surface area contributed by atoms with Gasteiger partial charge in [0, 0.05) is 5.69 Å². The van der Waals surface area contributed by atoms with Gasteiger partial charge in [0.2, 0.25) is 10.6 Å². The second-order valence-electron chi connectivity index (χ2n) is 5.46. The molecule has 0 unspecified atom stereocenters. The van der Waals surface area contributed by atoms with E-state index in [-0.39, 0.29) is 21.5 Å². The van der Waals surface area contributed by atoms with E-state index >= 15 is 0 Å². The fourth-order valence-electron chi connectivity index (χ4n) is 1.87. The molecule has 29 heavy (non-hydrogen) atoms. The van der Waals surface area contributed by atoms with Crippen molar-refractivity contribution in [2.75, 3.05) is 11.9 Å². The number of halogens is 5. The fraction of sp³-hybridized carbons (Fsp3) is 0.222. The van der Waals surface area contributed by atoms with Crippen LogP contribution in [0.1, 0.15) is 19.8 Å². The second-order valence-corrected chi connectivity index (χ2v) is 6.50. The van der Waals surface area contributed by atoms with E-state index in [4.69, 9.17) is 39.5 Å². The zero-order valence-electron chi connectivity index (χ0n) is 15.2. The molecule has 0 amide bonds. The predicted molar refractivity (Wildman–Crippen MR) is 109 cm³/mol. The van der Waals surface area contributed by atoms with Crippen molar-refractivity contribution >= 4 is 46.3 Å².